The first-order valence-electron chi connectivity index (χ1n) is 9.53. The number of nitrogens with one attached hydrogen (secondary N) is 1. The number of hydrogen-bond acceptors (Lipinski definition) is 4. The Bertz CT molecular complexity index is 1070. The number of carbonyl (C=O) groups is 1. The number of hydrogen-bond donors (Lipinski definition) is 1. The first kappa shape index (κ1) is 18.6. The van der Waals surface area contributed by atoms with Crippen molar-refractivity contribution in [2.45, 2.75) is 32.7 Å². The molecule has 2 aromatic carbocycles. The van der Waals surface area contributed by atoms with Crippen LogP contribution in [0.1, 0.15) is 38.3 Å². The summed E-state index contributed by atoms with van der Waals surface area (Å²) >= 11 is 6.30. The Kier molecular flexibility index (Phi) is 5.09. The zero-order valence-electron chi connectivity index (χ0n) is 15.9. The topological polar surface area (TPSA) is 56.2 Å². The van der Waals surface area contributed by atoms with Gasteiger partial charge in [0, 0.05) is 10.7 Å². The molecule has 0 saturated carbocycles. The van der Waals surface area contributed by atoms with Gasteiger partial charge in [-0.3, -0.25) is 4.57 Å². The lowest BCUT2D eigenvalue weighted by molar-refractivity contribution is -0.139. The molecule has 0 unspecified atom stereocenters. The molecule has 1 aromatic heterocycles. The highest BCUT2D eigenvalue weighted by molar-refractivity contribution is 6.30. The number of rotatable bonds is 5. The van der Waals surface area contributed by atoms with E-state index in [0.717, 1.165) is 41.1 Å². The fraction of sp³-hybridized carbons (Fsp3) is 0.273. The fourth-order valence-corrected chi connectivity index (χ4v) is 3.97. The molecule has 0 spiro atoms. The molecule has 1 atom stereocenters. The molecule has 6 heteroatoms. The Balaban J connectivity index is 2.00. The first-order chi connectivity index (χ1) is 13.6. The molecule has 3 aromatic rings. The second-order valence-electron chi connectivity index (χ2n) is 6.74. The molecule has 5 nitrogen and oxygen atoms in total. The van der Waals surface area contributed by atoms with Crippen LogP contribution in [0.2, 0.25) is 5.02 Å². The Morgan fingerprint density at radius 2 is 2.04 bits per heavy atom. The molecule has 1 N–H and O–H groups in total. The number of allylic oxidation sites excluding steroid dienone is 1. The van der Waals surface area contributed by atoms with Gasteiger partial charge in [-0.1, -0.05) is 49.2 Å². The maximum absolute atomic E-state index is 13.0. The molecule has 0 amide bonds. The second-order valence-corrected chi connectivity index (χ2v) is 7.18. The minimum Gasteiger partial charge on any atom is -0.463 e. The molecule has 144 valence electrons. The maximum Gasteiger partial charge on any atom is 0.338 e. The molecule has 28 heavy (non-hydrogen) atoms. The summed E-state index contributed by atoms with van der Waals surface area (Å²) in [6.07, 6.45) is 1.63. The van der Waals surface area contributed by atoms with E-state index in [1.807, 2.05) is 55.5 Å². The van der Waals surface area contributed by atoms with Crippen LogP contribution in [-0.2, 0) is 9.53 Å². The van der Waals surface area contributed by atoms with E-state index in [-0.39, 0.29) is 12.0 Å². The van der Waals surface area contributed by atoms with Crippen molar-refractivity contribution in [3.63, 3.8) is 0 Å². The summed E-state index contributed by atoms with van der Waals surface area (Å²) in [5.41, 5.74) is 4.22. The van der Waals surface area contributed by atoms with E-state index in [4.69, 9.17) is 21.3 Å². The third-order valence-electron chi connectivity index (χ3n) is 4.88. The second kappa shape index (κ2) is 7.68. The number of nitrogens with zero attached hydrogens (tertiary/aromatic N) is 2. The van der Waals surface area contributed by atoms with E-state index in [0.29, 0.717) is 17.2 Å². The molecule has 0 aliphatic carbocycles. The van der Waals surface area contributed by atoms with E-state index < -0.39 is 0 Å². The number of aromatic nitrogens is 2. The first-order valence-corrected chi connectivity index (χ1v) is 9.91. The molecule has 0 saturated heterocycles. The van der Waals surface area contributed by atoms with E-state index in [2.05, 4.69) is 16.8 Å². The van der Waals surface area contributed by atoms with Crippen LogP contribution < -0.4 is 5.32 Å². The lowest BCUT2D eigenvalue weighted by Gasteiger charge is -2.31. The summed E-state index contributed by atoms with van der Waals surface area (Å²) in [6, 6.07) is 15.2. The average Bonchev–Trinajstić information content (AvgIpc) is 3.05. The summed E-state index contributed by atoms with van der Waals surface area (Å²) < 4.78 is 7.50. The number of ether oxygens (including phenoxy) is 1. The van der Waals surface area contributed by atoms with Gasteiger partial charge in [-0.2, -0.15) is 0 Å². The molecule has 1 aliphatic heterocycles. The van der Waals surface area contributed by atoms with Gasteiger partial charge in [0.25, 0.3) is 0 Å². The van der Waals surface area contributed by atoms with Gasteiger partial charge in [0.05, 0.1) is 29.3 Å². The number of carbonyl (C=O) groups excluding carboxylic acids is 1. The third-order valence-corrected chi connectivity index (χ3v) is 5.11. The van der Waals surface area contributed by atoms with Crippen molar-refractivity contribution in [2.24, 2.45) is 0 Å². The third kappa shape index (κ3) is 3.16. The number of imidazole rings is 1. The summed E-state index contributed by atoms with van der Waals surface area (Å²) in [4.78, 5) is 17.8. The molecule has 0 bridgehead atoms. The molecule has 0 fully saturated rings. The van der Waals surface area contributed by atoms with E-state index in [1.165, 1.54) is 0 Å². The van der Waals surface area contributed by atoms with Crippen LogP contribution in [0.15, 0.2) is 59.8 Å². The Morgan fingerprint density at radius 3 is 2.79 bits per heavy atom. The number of fused-ring (bicyclic) bond motifs is 3. The van der Waals surface area contributed by atoms with E-state index in [1.54, 1.807) is 0 Å². The lowest BCUT2D eigenvalue weighted by atomic mass is 9.93. The van der Waals surface area contributed by atoms with Gasteiger partial charge in [0.1, 0.15) is 0 Å². The molecule has 0 radical (unpaired) electrons. The van der Waals surface area contributed by atoms with Crippen LogP contribution in [0.4, 0.5) is 5.95 Å². The van der Waals surface area contributed by atoms with Crippen molar-refractivity contribution in [1.29, 1.82) is 0 Å². The minimum atomic E-state index is -0.358. The van der Waals surface area contributed by atoms with Crippen LogP contribution in [0.5, 0.6) is 0 Å². The van der Waals surface area contributed by atoms with Crippen molar-refractivity contribution in [3.8, 4) is 0 Å². The zero-order chi connectivity index (χ0) is 19.7. The Hall–Kier alpha value is -2.79. The van der Waals surface area contributed by atoms with Crippen LogP contribution in [0.25, 0.3) is 11.0 Å². The largest absolute Gasteiger partial charge is 0.463 e. The van der Waals surface area contributed by atoms with Gasteiger partial charge in [-0.25, -0.2) is 9.78 Å². The highest BCUT2D eigenvalue weighted by Crippen LogP contribution is 2.41. The molecule has 2 heterocycles. The molecule has 1 aliphatic rings. The summed E-state index contributed by atoms with van der Waals surface area (Å²) in [5.74, 6) is 0.412. The van der Waals surface area contributed by atoms with Crippen molar-refractivity contribution >= 4 is 34.6 Å². The van der Waals surface area contributed by atoms with E-state index in [9.17, 15) is 4.79 Å². The van der Waals surface area contributed by atoms with Gasteiger partial charge >= 0.3 is 5.97 Å². The predicted molar refractivity (Wildman–Crippen MR) is 112 cm³/mol. The summed E-state index contributed by atoms with van der Waals surface area (Å²) in [6.45, 7) is 4.23. The van der Waals surface area contributed by atoms with Crippen molar-refractivity contribution in [2.75, 3.05) is 11.9 Å². The normalized spacial score (nSPS) is 16.0. The zero-order valence-corrected chi connectivity index (χ0v) is 16.7. The Labute approximate surface area is 169 Å². The predicted octanol–water partition coefficient (Wildman–Crippen LogP) is 5.32. The van der Waals surface area contributed by atoms with Gasteiger partial charge < -0.3 is 10.1 Å². The molecular weight excluding hydrogens is 374 g/mol. The summed E-state index contributed by atoms with van der Waals surface area (Å²) in [7, 11) is 0. The average molecular weight is 396 g/mol. The standard InChI is InChI=1S/C22H22ClN3O2/c1-3-8-17-19(21(27)28-4-2)20(14-9-7-10-15(23)13-14)26-18-12-6-5-11-16(18)24-22(26)25-17/h5-7,9-13,20H,3-4,8H2,1-2H3,(H,24,25)/t20-/m0/s1. The SMILES string of the molecule is CCCC1=C(C(=O)OCC)[C@H](c2cccc(Cl)c2)n2c(nc3ccccc32)N1. The van der Waals surface area contributed by atoms with Crippen molar-refractivity contribution in [3.05, 3.63) is 70.4 Å². The Morgan fingerprint density at radius 1 is 1.21 bits per heavy atom. The highest BCUT2D eigenvalue weighted by Gasteiger charge is 2.35. The van der Waals surface area contributed by atoms with Crippen LogP contribution in [0.3, 0.4) is 0 Å². The lowest BCUT2D eigenvalue weighted by Crippen LogP contribution is -2.29. The van der Waals surface area contributed by atoms with Crippen LogP contribution in [0, 0.1) is 0 Å². The van der Waals surface area contributed by atoms with Crippen molar-refractivity contribution in [1.82, 2.24) is 9.55 Å². The van der Waals surface area contributed by atoms with Crippen LogP contribution >= 0.6 is 11.6 Å². The van der Waals surface area contributed by atoms with Gasteiger partial charge in [0.15, 0.2) is 0 Å². The molecule has 4 rings (SSSR count). The van der Waals surface area contributed by atoms with E-state index >= 15 is 0 Å². The van der Waals surface area contributed by atoms with Gasteiger partial charge in [-0.15, -0.1) is 0 Å². The minimum absolute atomic E-state index is 0.313. The molecular formula is C22H22ClN3O2. The van der Waals surface area contributed by atoms with Crippen molar-refractivity contribution < 1.29 is 9.53 Å². The van der Waals surface area contributed by atoms with Crippen LogP contribution in [-0.4, -0.2) is 22.1 Å². The number of para-hydroxylation sites is 2. The number of esters is 1. The number of anilines is 1. The van der Waals surface area contributed by atoms with Gasteiger partial charge in [-0.05, 0) is 43.2 Å². The quantitative estimate of drug-likeness (QED) is 0.594. The fourth-order valence-electron chi connectivity index (χ4n) is 3.77. The monoisotopic (exact) mass is 395 g/mol. The number of halogens is 1. The summed E-state index contributed by atoms with van der Waals surface area (Å²) in [5, 5.41) is 4.02. The highest BCUT2D eigenvalue weighted by atomic mass is 35.5. The number of benzene rings is 2. The van der Waals surface area contributed by atoms with Gasteiger partial charge in [0.2, 0.25) is 5.95 Å². The smallest absolute Gasteiger partial charge is 0.338 e. The maximum atomic E-state index is 13.0.